The number of rotatable bonds is 3. The van der Waals surface area contributed by atoms with Crippen LogP contribution in [0.25, 0.3) is 0 Å². The number of nitrogens with zero attached hydrogens (tertiary/aromatic N) is 3. The van der Waals surface area contributed by atoms with Gasteiger partial charge in [-0.15, -0.1) is 0 Å². The highest BCUT2D eigenvalue weighted by atomic mass is 35.5. The molecule has 2 heterocycles. The summed E-state index contributed by atoms with van der Waals surface area (Å²) in [7, 11) is 1.77. The summed E-state index contributed by atoms with van der Waals surface area (Å²) in [5, 5.41) is 4.84. The second kappa shape index (κ2) is 6.17. The molecule has 1 aromatic heterocycles. The Morgan fingerprint density at radius 3 is 2.70 bits per heavy atom. The number of aromatic nitrogens is 2. The van der Waals surface area contributed by atoms with Crippen LogP contribution in [-0.2, 0) is 13.6 Å². The maximum absolute atomic E-state index is 13.9. The van der Waals surface area contributed by atoms with E-state index in [2.05, 4.69) is 10.00 Å². The SMILES string of the molecule is Cc1nn(C)c(Cl)c1CN1CCC(c2cc(F)cc(F)c2F)C1. The largest absolute Gasteiger partial charge is 0.298 e. The summed E-state index contributed by atoms with van der Waals surface area (Å²) < 4.78 is 42.3. The van der Waals surface area contributed by atoms with Gasteiger partial charge in [0.15, 0.2) is 11.6 Å². The average molecular weight is 344 g/mol. The van der Waals surface area contributed by atoms with Gasteiger partial charge in [0.25, 0.3) is 0 Å². The standard InChI is InChI=1S/C16H17ClF3N3/c1-9-13(16(17)22(2)21-9)8-23-4-3-10(7-23)12-5-11(18)6-14(19)15(12)20/h5-6,10H,3-4,7-8H2,1-2H3. The maximum Gasteiger partial charge on any atom is 0.162 e. The zero-order valence-corrected chi connectivity index (χ0v) is 13.7. The number of aryl methyl sites for hydroxylation is 2. The Morgan fingerprint density at radius 2 is 2.04 bits per heavy atom. The van der Waals surface area contributed by atoms with Crippen LogP contribution in [0.15, 0.2) is 12.1 Å². The number of halogens is 4. The Labute approximate surface area is 137 Å². The first-order valence-electron chi connectivity index (χ1n) is 7.41. The second-order valence-corrected chi connectivity index (χ2v) is 6.35. The lowest BCUT2D eigenvalue weighted by atomic mass is 9.97. The molecule has 0 bridgehead atoms. The molecule has 1 aliphatic heterocycles. The first kappa shape index (κ1) is 16.3. The summed E-state index contributed by atoms with van der Waals surface area (Å²) in [4.78, 5) is 2.10. The molecule has 0 amide bonds. The lowest BCUT2D eigenvalue weighted by Gasteiger charge is -2.16. The molecule has 1 fully saturated rings. The Morgan fingerprint density at radius 1 is 1.30 bits per heavy atom. The molecule has 7 heteroatoms. The van der Waals surface area contributed by atoms with E-state index < -0.39 is 17.5 Å². The van der Waals surface area contributed by atoms with E-state index in [0.717, 1.165) is 17.3 Å². The molecule has 0 radical (unpaired) electrons. The van der Waals surface area contributed by atoms with Gasteiger partial charge in [-0.2, -0.15) is 5.10 Å². The van der Waals surface area contributed by atoms with E-state index >= 15 is 0 Å². The fourth-order valence-corrected chi connectivity index (χ4v) is 3.41. The van der Waals surface area contributed by atoms with E-state index in [0.29, 0.717) is 37.3 Å². The van der Waals surface area contributed by atoms with Gasteiger partial charge in [-0.1, -0.05) is 11.6 Å². The summed E-state index contributed by atoms with van der Waals surface area (Å²) in [5.41, 5.74) is 1.89. The zero-order chi connectivity index (χ0) is 16.7. The van der Waals surface area contributed by atoms with Gasteiger partial charge in [-0.3, -0.25) is 9.58 Å². The molecule has 0 N–H and O–H groups in total. The maximum atomic E-state index is 13.9. The van der Waals surface area contributed by atoms with Gasteiger partial charge in [-0.05, 0) is 31.5 Å². The molecular weight excluding hydrogens is 327 g/mol. The Hall–Kier alpha value is -1.53. The van der Waals surface area contributed by atoms with Crippen LogP contribution in [0.1, 0.15) is 29.2 Å². The minimum Gasteiger partial charge on any atom is -0.298 e. The smallest absolute Gasteiger partial charge is 0.162 e. The summed E-state index contributed by atoms with van der Waals surface area (Å²) >= 11 is 6.23. The number of likely N-dealkylation sites (tertiary alicyclic amines) is 1. The highest BCUT2D eigenvalue weighted by molar-refractivity contribution is 6.30. The van der Waals surface area contributed by atoms with Crippen molar-refractivity contribution >= 4 is 11.6 Å². The first-order valence-corrected chi connectivity index (χ1v) is 7.79. The Kier molecular flexibility index (Phi) is 4.38. The fourth-order valence-electron chi connectivity index (χ4n) is 3.18. The average Bonchev–Trinajstić information content (AvgIpc) is 3.04. The van der Waals surface area contributed by atoms with Crippen molar-refractivity contribution in [2.75, 3.05) is 13.1 Å². The molecule has 1 atom stereocenters. The Bertz CT molecular complexity index is 745. The summed E-state index contributed by atoms with van der Waals surface area (Å²) in [5.74, 6) is -3.06. The number of hydrogen-bond donors (Lipinski definition) is 0. The van der Waals surface area contributed by atoms with E-state index in [1.807, 2.05) is 6.92 Å². The van der Waals surface area contributed by atoms with E-state index in [4.69, 9.17) is 11.6 Å². The predicted octanol–water partition coefficient (Wildman–Crippen LogP) is 3.79. The molecule has 124 valence electrons. The molecule has 0 spiro atoms. The molecule has 0 aliphatic carbocycles. The van der Waals surface area contributed by atoms with Crippen molar-refractivity contribution in [2.45, 2.75) is 25.8 Å². The van der Waals surface area contributed by atoms with E-state index in [9.17, 15) is 13.2 Å². The van der Waals surface area contributed by atoms with Crippen molar-refractivity contribution in [1.29, 1.82) is 0 Å². The quantitative estimate of drug-likeness (QED) is 0.791. The van der Waals surface area contributed by atoms with E-state index in [-0.39, 0.29) is 11.5 Å². The molecule has 1 saturated heterocycles. The zero-order valence-electron chi connectivity index (χ0n) is 12.9. The van der Waals surface area contributed by atoms with Gasteiger partial charge in [0.1, 0.15) is 11.0 Å². The predicted molar refractivity (Wildman–Crippen MR) is 81.9 cm³/mol. The van der Waals surface area contributed by atoms with Crippen molar-refractivity contribution in [3.8, 4) is 0 Å². The van der Waals surface area contributed by atoms with Crippen LogP contribution in [0.4, 0.5) is 13.2 Å². The van der Waals surface area contributed by atoms with Crippen molar-refractivity contribution in [3.05, 3.63) is 51.6 Å². The topological polar surface area (TPSA) is 21.1 Å². The van der Waals surface area contributed by atoms with Gasteiger partial charge in [0, 0.05) is 37.7 Å². The van der Waals surface area contributed by atoms with Crippen molar-refractivity contribution in [3.63, 3.8) is 0 Å². The van der Waals surface area contributed by atoms with Crippen LogP contribution in [0.2, 0.25) is 5.15 Å². The third-order valence-corrected chi connectivity index (χ3v) is 4.86. The molecule has 23 heavy (non-hydrogen) atoms. The summed E-state index contributed by atoms with van der Waals surface area (Å²) in [6, 6.07) is 1.67. The second-order valence-electron chi connectivity index (χ2n) is 5.99. The van der Waals surface area contributed by atoms with E-state index in [1.165, 1.54) is 0 Å². The lowest BCUT2D eigenvalue weighted by Crippen LogP contribution is -2.20. The molecule has 3 nitrogen and oxygen atoms in total. The third-order valence-electron chi connectivity index (χ3n) is 4.38. The van der Waals surface area contributed by atoms with Crippen LogP contribution in [0.3, 0.4) is 0 Å². The highest BCUT2D eigenvalue weighted by Gasteiger charge is 2.29. The molecular formula is C16H17ClF3N3. The summed E-state index contributed by atoms with van der Waals surface area (Å²) in [6.07, 6.45) is 0.650. The van der Waals surface area contributed by atoms with Crippen LogP contribution in [0, 0.1) is 24.4 Å². The van der Waals surface area contributed by atoms with Gasteiger partial charge >= 0.3 is 0 Å². The van der Waals surface area contributed by atoms with Crippen LogP contribution in [-0.4, -0.2) is 27.8 Å². The van der Waals surface area contributed by atoms with Crippen LogP contribution in [0.5, 0.6) is 0 Å². The van der Waals surface area contributed by atoms with Crippen LogP contribution < -0.4 is 0 Å². The van der Waals surface area contributed by atoms with Crippen molar-refractivity contribution in [1.82, 2.24) is 14.7 Å². The number of benzene rings is 1. The molecule has 1 aromatic carbocycles. The van der Waals surface area contributed by atoms with Crippen molar-refractivity contribution < 1.29 is 13.2 Å². The lowest BCUT2D eigenvalue weighted by molar-refractivity contribution is 0.325. The van der Waals surface area contributed by atoms with Crippen LogP contribution >= 0.6 is 11.6 Å². The first-order chi connectivity index (χ1) is 10.9. The highest BCUT2D eigenvalue weighted by Crippen LogP contribution is 2.32. The van der Waals surface area contributed by atoms with E-state index in [1.54, 1.807) is 11.7 Å². The van der Waals surface area contributed by atoms with Crippen molar-refractivity contribution in [2.24, 2.45) is 7.05 Å². The fraction of sp³-hybridized carbons (Fsp3) is 0.438. The van der Waals surface area contributed by atoms with Gasteiger partial charge in [0.05, 0.1) is 5.69 Å². The van der Waals surface area contributed by atoms with Gasteiger partial charge < -0.3 is 0 Å². The monoisotopic (exact) mass is 343 g/mol. The Balaban J connectivity index is 1.77. The van der Waals surface area contributed by atoms with Gasteiger partial charge in [0.2, 0.25) is 0 Å². The third kappa shape index (κ3) is 3.10. The minimum atomic E-state index is -1.13. The molecule has 0 saturated carbocycles. The summed E-state index contributed by atoms with van der Waals surface area (Å²) in [6.45, 7) is 3.72. The molecule has 1 aliphatic rings. The number of hydrogen-bond acceptors (Lipinski definition) is 2. The minimum absolute atomic E-state index is 0.110. The molecule has 1 unspecified atom stereocenters. The normalized spacial score (nSPS) is 18.8. The molecule has 3 rings (SSSR count). The van der Waals surface area contributed by atoms with Gasteiger partial charge in [-0.25, -0.2) is 13.2 Å². The molecule has 2 aromatic rings.